The van der Waals surface area contributed by atoms with Gasteiger partial charge in [-0.15, -0.1) is 0 Å². The standard InChI is InChI=1S/C12H15NO/c1-10(9-14-2)13-8-7-11-5-3-4-6-12(11)13/h3-8,10H,9H2,1-2H3. The van der Waals surface area contributed by atoms with E-state index in [1.54, 1.807) is 7.11 Å². The molecule has 2 aromatic rings. The summed E-state index contributed by atoms with van der Waals surface area (Å²) in [6, 6.07) is 10.9. The van der Waals surface area contributed by atoms with Gasteiger partial charge in [0.05, 0.1) is 12.6 Å². The molecule has 0 saturated heterocycles. The van der Waals surface area contributed by atoms with Crippen LogP contribution in [0.15, 0.2) is 36.5 Å². The zero-order valence-corrected chi connectivity index (χ0v) is 8.60. The molecular weight excluding hydrogens is 174 g/mol. The van der Waals surface area contributed by atoms with E-state index in [4.69, 9.17) is 4.74 Å². The number of para-hydroxylation sites is 1. The number of hydrogen-bond donors (Lipinski definition) is 0. The number of hydrogen-bond acceptors (Lipinski definition) is 1. The van der Waals surface area contributed by atoms with Crippen LogP contribution in [0.4, 0.5) is 0 Å². The Balaban J connectivity index is 2.42. The van der Waals surface area contributed by atoms with Crippen LogP contribution in [-0.4, -0.2) is 18.3 Å². The predicted octanol–water partition coefficient (Wildman–Crippen LogP) is 2.85. The van der Waals surface area contributed by atoms with Gasteiger partial charge in [-0.25, -0.2) is 0 Å². The zero-order valence-electron chi connectivity index (χ0n) is 8.60. The highest BCUT2D eigenvalue weighted by Crippen LogP contribution is 2.19. The number of aromatic nitrogens is 1. The number of nitrogens with zero attached hydrogens (tertiary/aromatic N) is 1. The predicted molar refractivity (Wildman–Crippen MR) is 58.5 cm³/mol. The molecule has 74 valence electrons. The third-order valence-electron chi connectivity index (χ3n) is 2.51. The van der Waals surface area contributed by atoms with Crippen LogP contribution in [0.1, 0.15) is 13.0 Å². The van der Waals surface area contributed by atoms with E-state index < -0.39 is 0 Å². The summed E-state index contributed by atoms with van der Waals surface area (Å²) in [4.78, 5) is 0. The molecule has 0 aliphatic carbocycles. The van der Waals surface area contributed by atoms with Gasteiger partial charge in [0.25, 0.3) is 0 Å². The summed E-state index contributed by atoms with van der Waals surface area (Å²) in [6.07, 6.45) is 2.12. The van der Waals surface area contributed by atoms with Crippen molar-refractivity contribution in [3.63, 3.8) is 0 Å². The van der Waals surface area contributed by atoms with Gasteiger partial charge in [-0.1, -0.05) is 18.2 Å². The van der Waals surface area contributed by atoms with Crippen molar-refractivity contribution in [1.82, 2.24) is 4.57 Å². The van der Waals surface area contributed by atoms with Crippen LogP contribution < -0.4 is 0 Å². The summed E-state index contributed by atoms with van der Waals surface area (Å²) in [5, 5.41) is 1.29. The summed E-state index contributed by atoms with van der Waals surface area (Å²) in [5.74, 6) is 0. The van der Waals surface area contributed by atoms with Crippen molar-refractivity contribution in [3.05, 3.63) is 36.5 Å². The molecule has 0 amide bonds. The first-order valence-corrected chi connectivity index (χ1v) is 4.87. The molecule has 14 heavy (non-hydrogen) atoms. The quantitative estimate of drug-likeness (QED) is 0.724. The van der Waals surface area contributed by atoms with E-state index in [0.29, 0.717) is 6.04 Å². The number of ether oxygens (including phenoxy) is 1. The van der Waals surface area contributed by atoms with Crippen LogP contribution >= 0.6 is 0 Å². The van der Waals surface area contributed by atoms with Gasteiger partial charge in [0.15, 0.2) is 0 Å². The Bertz CT molecular complexity index is 419. The van der Waals surface area contributed by atoms with Crippen molar-refractivity contribution in [1.29, 1.82) is 0 Å². The van der Waals surface area contributed by atoms with Gasteiger partial charge in [-0.2, -0.15) is 0 Å². The van der Waals surface area contributed by atoms with Crippen LogP contribution in [0.3, 0.4) is 0 Å². The first kappa shape index (κ1) is 9.28. The van der Waals surface area contributed by atoms with Crippen molar-refractivity contribution in [2.45, 2.75) is 13.0 Å². The second kappa shape index (κ2) is 3.84. The molecule has 0 aliphatic heterocycles. The van der Waals surface area contributed by atoms with E-state index in [1.165, 1.54) is 10.9 Å². The lowest BCUT2D eigenvalue weighted by atomic mass is 10.2. The van der Waals surface area contributed by atoms with Crippen molar-refractivity contribution in [2.75, 3.05) is 13.7 Å². The number of methoxy groups -OCH3 is 1. The van der Waals surface area contributed by atoms with E-state index in [9.17, 15) is 0 Å². The van der Waals surface area contributed by atoms with Crippen LogP contribution in [0, 0.1) is 0 Å². The van der Waals surface area contributed by atoms with E-state index in [0.717, 1.165) is 6.61 Å². The monoisotopic (exact) mass is 189 g/mol. The minimum absolute atomic E-state index is 0.389. The molecule has 1 atom stereocenters. The van der Waals surface area contributed by atoms with Gasteiger partial charge in [0.1, 0.15) is 0 Å². The van der Waals surface area contributed by atoms with Gasteiger partial charge < -0.3 is 9.30 Å². The largest absolute Gasteiger partial charge is 0.383 e. The Labute approximate surface area is 84.1 Å². The fraction of sp³-hybridized carbons (Fsp3) is 0.333. The summed E-state index contributed by atoms with van der Waals surface area (Å²) in [5.41, 5.74) is 1.28. The molecular formula is C12H15NO. The summed E-state index contributed by atoms with van der Waals surface area (Å²) in [7, 11) is 1.74. The van der Waals surface area contributed by atoms with E-state index >= 15 is 0 Å². The average molecular weight is 189 g/mol. The zero-order chi connectivity index (χ0) is 9.97. The molecule has 1 aromatic carbocycles. The molecule has 0 aliphatic rings. The minimum Gasteiger partial charge on any atom is -0.383 e. The third-order valence-corrected chi connectivity index (χ3v) is 2.51. The Morgan fingerprint density at radius 2 is 2.07 bits per heavy atom. The number of fused-ring (bicyclic) bond motifs is 1. The molecule has 0 fully saturated rings. The lowest BCUT2D eigenvalue weighted by Gasteiger charge is -2.13. The van der Waals surface area contributed by atoms with Crippen molar-refractivity contribution >= 4 is 10.9 Å². The molecule has 2 rings (SSSR count). The normalized spacial score (nSPS) is 13.3. The second-order valence-electron chi connectivity index (χ2n) is 3.59. The number of rotatable bonds is 3. The molecule has 1 aromatic heterocycles. The van der Waals surface area contributed by atoms with Crippen molar-refractivity contribution in [2.24, 2.45) is 0 Å². The fourth-order valence-corrected chi connectivity index (χ4v) is 1.81. The van der Waals surface area contributed by atoms with Gasteiger partial charge in [-0.3, -0.25) is 0 Å². The SMILES string of the molecule is COCC(C)n1ccc2ccccc21. The molecule has 2 heteroatoms. The summed E-state index contributed by atoms with van der Waals surface area (Å²) < 4.78 is 7.40. The Kier molecular flexibility index (Phi) is 2.55. The first-order chi connectivity index (χ1) is 6.83. The maximum atomic E-state index is 5.16. The lowest BCUT2D eigenvalue weighted by Crippen LogP contribution is -2.09. The molecule has 0 N–H and O–H groups in total. The smallest absolute Gasteiger partial charge is 0.0667 e. The maximum absolute atomic E-state index is 5.16. The Morgan fingerprint density at radius 3 is 2.86 bits per heavy atom. The van der Waals surface area contributed by atoms with E-state index in [-0.39, 0.29) is 0 Å². The maximum Gasteiger partial charge on any atom is 0.0667 e. The molecule has 2 nitrogen and oxygen atoms in total. The second-order valence-corrected chi connectivity index (χ2v) is 3.59. The van der Waals surface area contributed by atoms with Crippen molar-refractivity contribution < 1.29 is 4.74 Å². The first-order valence-electron chi connectivity index (χ1n) is 4.87. The molecule has 0 saturated carbocycles. The molecule has 1 unspecified atom stereocenters. The summed E-state index contributed by atoms with van der Waals surface area (Å²) in [6.45, 7) is 2.91. The Hall–Kier alpha value is -1.28. The van der Waals surface area contributed by atoms with Gasteiger partial charge in [0.2, 0.25) is 0 Å². The highest BCUT2D eigenvalue weighted by molar-refractivity contribution is 5.80. The fourth-order valence-electron chi connectivity index (χ4n) is 1.81. The van der Waals surface area contributed by atoms with Gasteiger partial charge >= 0.3 is 0 Å². The highest BCUT2D eigenvalue weighted by atomic mass is 16.5. The van der Waals surface area contributed by atoms with Crippen LogP contribution in [0.5, 0.6) is 0 Å². The van der Waals surface area contributed by atoms with Crippen LogP contribution in [0.25, 0.3) is 10.9 Å². The number of benzene rings is 1. The van der Waals surface area contributed by atoms with Gasteiger partial charge in [-0.05, 0) is 24.4 Å². The third kappa shape index (κ3) is 1.53. The molecule has 0 bridgehead atoms. The molecule has 0 spiro atoms. The minimum atomic E-state index is 0.389. The Morgan fingerprint density at radius 1 is 1.29 bits per heavy atom. The van der Waals surface area contributed by atoms with Crippen LogP contribution in [0.2, 0.25) is 0 Å². The lowest BCUT2D eigenvalue weighted by molar-refractivity contribution is 0.164. The van der Waals surface area contributed by atoms with E-state index in [2.05, 4.69) is 48.0 Å². The highest BCUT2D eigenvalue weighted by Gasteiger charge is 2.06. The molecule has 1 heterocycles. The van der Waals surface area contributed by atoms with E-state index in [1.807, 2.05) is 0 Å². The molecule has 0 radical (unpaired) electrons. The average Bonchev–Trinajstić information content (AvgIpc) is 2.61. The van der Waals surface area contributed by atoms with Crippen molar-refractivity contribution in [3.8, 4) is 0 Å². The summed E-state index contributed by atoms with van der Waals surface area (Å²) >= 11 is 0. The topological polar surface area (TPSA) is 14.2 Å². The van der Waals surface area contributed by atoms with Crippen LogP contribution in [-0.2, 0) is 4.74 Å². The van der Waals surface area contributed by atoms with Gasteiger partial charge in [0, 0.05) is 18.8 Å².